The lowest BCUT2D eigenvalue weighted by atomic mass is 10.1. The number of carbonyl (C=O) groups is 1. The molecule has 0 saturated carbocycles. The Morgan fingerprint density at radius 1 is 1.26 bits per heavy atom. The van der Waals surface area contributed by atoms with Crippen LogP contribution in [0.4, 0.5) is 0 Å². The maximum atomic E-state index is 12.0. The summed E-state index contributed by atoms with van der Waals surface area (Å²) in [5.74, 6) is -0.113. The molecule has 1 amide bonds. The summed E-state index contributed by atoms with van der Waals surface area (Å²) in [4.78, 5) is 12.0. The molecule has 19 heavy (non-hydrogen) atoms. The average Bonchev–Trinajstić information content (AvgIpc) is 2.40. The summed E-state index contributed by atoms with van der Waals surface area (Å²) in [5, 5.41) is 2.86. The van der Waals surface area contributed by atoms with Crippen molar-refractivity contribution in [1.82, 2.24) is 5.32 Å². The Bertz CT molecular complexity index is 365. The zero-order valence-corrected chi connectivity index (χ0v) is 11.9. The van der Waals surface area contributed by atoms with E-state index in [-0.39, 0.29) is 12.0 Å². The molecule has 1 atom stereocenters. The highest BCUT2D eigenvalue weighted by atomic mass is 16.5. The number of carbonyl (C=O) groups excluding carboxylic acids is 1. The van der Waals surface area contributed by atoms with Gasteiger partial charge < -0.3 is 14.8 Å². The molecule has 0 saturated heterocycles. The average molecular weight is 265 g/mol. The zero-order valence-electron chi connectivity index (χ0n) is 11.9. The van der Waals surface area contributed by atoms with Gasteiger partial charge in [-0.25, -0.2) is 0 Å². The number of amides is 1. The number of ether oxygens (including phenoxy) is 2. The van der Waals surface area contributed by atoms with Crippen LogP contribution in [0.2, 0.25) is 0 Å². The smallest absolute Gasteiger partial charge is 0.253 e. The molecule has 1 aromatic rings. The summed E-state index contributed by atoms with van der Waals surface area (Å²) in [5.41, 5.74) is 0.862. The van der Waals surface area contributed by atoms with E-state index >= 15 is 0 Å². The fourth-order valence-corrected chi connectivity index (χ4v) is 1.72. The van der Waals surface area contributed by atoms with E-state index in [0.29, 0.717) is 13.2 Å². The summed E-state index contributed by atoms with van der Waals surface area (Å²) in [6.07, 6.45) is 0.480. The Labute approximate surface area is 115 Å². The molecule has 106 valence electrons. The van der Waals surface area contributed by atoms with Gasteiger partial charge in [0.15, 0.2) is 6.10 Å². The van der Waals surface area contributed by atoms with Crippen LogP contribution in [0, 0.1) is 0 Å². The summed E-state index contributed by atoms with van der Waals surface area (Å²) < 4.78 is 10.7. The number of rotatable bonds is 8. The highest BCUT2D eigenvalue weighted by molar-refractivity contribution is 5.82. The van der Waals surface area contributed by atoms with Gasteiger partial charge in [-0.1, -0.05) is 30.3 Å². The maximum Gasteiger partial charge on any atom is 0.253 e. The van der Waals surface area contributed by atoms with E-state index < -0.39 is 6.10 Å². The van der Waals surface area contributed by atoms with Crippen LogP contribution in [-0.4, -0.2) is 32.3 Å². The molecule has 0 spiro atoms. The standard InChI is InChI=1S/C15H23NO3/c1-12(2)19-11-7-10-16-15(17)14(18-3)13-8-5-4-6-9-13/h4-6,8-9,12,14H,7,10-11H2,1-3H3,(H,16,17). The molecule has 0 fully saturated rings. The fraction of sp³-hybridized carbons (Fsp3) is 0.533. The molecule has 0 aliphatic heterocycles. The number of hydrogen-bond acceptors (Lipinski definition) is 3. The van der Waals surface area contributed by atoms with Gasteiger partial charge in [0.05, 0.1) is 6.10 Å². The van der Waals surface area contributed by atoms with Crippen LogP contribution < -0.4 is 5.32 Å². The quantitative estimate of drug-likeness (QED) is 0.734. The van der Waals surface area contributed by atoms with E-state index in [1.807, 2.05) is 44.2 Å². The van der Waals surface area contributed by atoms with Crippen molar-refractivity contribution in [3.8, 4) is 0 Å². The van der Waals surface area contributed by atoms with Gasteiger partial charge in [0.25, 0.3) is 5.91 Å². The summed E-state index contributed by atoms with van der Waals surface area (Å²) in [7, 11) is 1.54. The maximum absolute atomic E-state index is 12.0. The summed E-state index contributed by atoms with van der Waals surface area (Å²) >= 11 is 0. The predicted octanol–water partition coefficient (Wildman–Crippen LogP) is 2.31. The second kappa shape index (κ2) is 8.67. The molecule has 0 aliphatic carbocycles. The largest absolute Gasteiger partial charge is 0.379 e. The molecule has 4 heteroatoms. The lowest BCUT2D eigenvalue weighted by Crippen LogP contribution is -2.31. The minimum Gasteiger partial charge on any atom is -0.379 e. The third-order valence-corrected chi connectivity index (χ3v) is 2.65. The van der Waals surface area contributed by atoms with Crippen molar-refractivity contribution in [3.63, 3.8) is 0 Å². The first-order chi connectivity index (χ1) is 9.15. The minimum absolute atomic E-state index is 0.113. The van der Waals surface area contributed by atoms with Gasteiger partial charge in [-0.15, -0.1) is 0 Å². The molecular formula is C15H23NO3. The molecule has 0 heterocycles. The van der Waals surface area contributed by atoms with Crippen LogP contribution in [-0.2, 0) is 14.3 Å². The van der Waals surface area contributed by atoms with Gasteiger partial charge >= 0.3 is 0 Å². The Morgan fingerprint density at radius 3 is 2.53 bits per heavy atom. The number of hydrogen-bond donors (Lipinski definition) is 1. The second-order valence-corrected chi connectivity index (χ2v) is 4.59. The molecule has 0 aromatic heterocycles. The van der Waals surface area contributed by atoms with E-state index in [4.69, 9.17) is 9.47 Å². The van der Waals surface area contributed by atoms with Crippen LogP contribution in [0.3, 0.4) is 0 Å². The van der Waals surface area contributed by atoms with Crippen LogP contribution in [0.25, 0.3) is 0 Å². The lowest BCUT2D eigenvalue weighted by molar-refractivity contribution is -0.131. The molecule has 0 aliphatic rings. The van der Waals surface area contributed by atoms with Crippen molar-refractivity contribution in [2.24, 2.45) is 0 Å². The van der Waals surface area contributed by atoms with Crippen molar-refractivity contribution in [3.05, 3.63) is 35.9 Å². The van der Waals surface area contributed by atoms with Crippen LogP contribution in [0.1, 0.15) is 31.9 Å². The normalized spacial score (nSPS) is 12.4. The molecule has 1 rings (SSSR count). The van der Waals surface area contributed by atoms with Crippen LogP contribution in [0.15, 0.2) is 30.3 Å². The molecule has 4 nitrogen and oxygen atoms in total. The molecule has 1 unspecified atom stereocenters. The molecule has 0 radical (unpaired) electrons. The topological polar surface area (TPSA) is 47.6 Å². The van der Waals surface area contributed by atoms with Crippen molar-refractivity contribution < 1.29 is 14.3 Å². The van der Waals surface area contributed by atoms with E-state index in [2.05, 4.69) is 5.32 Å². The van der Waals surface area contributed by atoms with Crippen molar-refractivity contribution in [2.45, 2.75) is 32.5 Å². The Morgan fingerprint density at radius 2 is 1.95 bits per heavy atom. The van der Waals surface area contributed by atoms with E-state index in [9.17, 15) is 4.79 Å². The van der Waals surface area contributed by atoms with Crippen molar-refractivity contribution >= 4 is 5.91 Å². The Kier molecular flexibility index (Phi) is 7.15. The van der Waals surface area contributed by atoms with Gasteiger partial charge in [-0.05, 0) is 25.8 Å². The van der Waals surface area contributed by atoms with Crippen LogP contribution in [0.5, 0.6) is 0 Å². The zero-order chi connectivity index (χ0) is 14.1. The fourth-order valence-electron chi connectivity index (χ4n) is 1.72. The first kappa shape index (κ1) is 15.7. The molecular weight excluding hydrogens is 242 g/mol. The number of nitrogens with one attached hydrogen (secondary N) is 1. The first-order valence-corrected chi connectivity index (χ1v) is 6.62. The second-order valence-electron chi connectivity index (χ2n) is 4.59. The molecule has 1 N–H and O–H groups in total. The summed E-state index contributed by atoms with van der Waals surface area (Å²) in [6, 6.07) is 9.47. The van der Waals surface area contributed by atoms with Gasteiger partial charge in [0, 0.05) is 20.3 Å². The van der Waals surface area contributed by atoms with E-state index in [1.54, 1.807) is 7.11 Å². The third kappa shape index (κ3) is 5.85. The summed E-state index contributed by atoms with van der Waals surface area (Å²) in [6.45, 7) is 5.24. The Balaban J connectivity index is 2.35. The highest BCUT2D eigenvalue weighted by Crippen LogP contribution is 2.15. The van der Waals surface area contributed by atoms with Gasteiger partial charge in [0.1, 0.15) is 0 Å². The van der Waals surface area contributed by atoms with E-state index in [0.717, 1.165) is 12.0 Å². The van der Waals surface area contributed by atoms with Crippen molar-refractivity contribution in [2.75, 3.05) is 20.3 Å². The highest BCUT2D eigenvalue weighted by Gasteiger charge is 2.18. The van der Waals surface area contributed by atoms with Gasteiger partial charge in [-0.3, -0.25) is 4.79 Å². The molecule has 1 aromatic carbocycles. The number of methoxy groups -OCH3 is 1. The van der Waals surface area contributed by atoms with Crippen molar-refractivity contribution in [1.29, 1.82) is 0 Å². The van der Waals surface area contributed by atoms with Crippen LogP contribution >= 0.6 is 0 Å². The van der Waals surface area contributed by atoms with E-state index in [1.165, 1.54) is 0 Å². The third-order valence-electron chi connectivity index (χ3n) is 2.65. The predicted molar refractivity (Wildman–Crippen MR) is 74.9 cm³/mol. The lowest BCUT2D eigenvalue weighted by Gasteiger charge is -2.15. The minimum atomic E-state index is -0.549. The van der Waals surface area contributed by atoms with Gasteiger partial charge in [-0.2, -0.15) is 0 Å². The van der Waals surface area contributed by atoms with Gasteiger partial charge in [0.2, 0.25) is 0 Å². The first-order valence-electron chi connectivity index (χ1n) is 6.62. The SMILES string of the molecule is COC(C(=O)NCCCOC(C)C)c1ccccc1. The number of benzene rings is 1. The Hall–Kier alpha value is -1.39. The monoisotopic (exact) mass is 265 g/mol. The molecule has 0 bridgehead atoms.